The molecule has 0 atom stereocenters. The van der Waals surface area contributed by atoms with E-state index in [4.69, 9.17) is 4.74 Å². The van der Waals surface area contributed by atoms with Gasteiger partial charge in [0, 0.05) is 19.5 Å². The zero-order valence-electron chi connectivity index (χ0n) is 11.3. The lowest BCUT2D eigenvalue weighted by molar-refractivity contribution is 0.101. The van der Waals surface area contributed by atoms with Gasteiger partial charge in [-0.2, -0.15) is 8.78 Å². The fraction of sp³-hybridized carbons (Fsp3) is 0.188. The largest absolute Gasteiger partial charge is 0.457 e. The van der Waals surface area contributed by atoms with Crippen LogP contribution in [0.15, 0.2) is 59.6 Å². The molecule has 0 aliphatic rings. The first-order chi connectivity index (χ1) is 9.50. The Morgan fingerprint density at radius 2 is 1.50 bits per heavy atom. The third-order valence-corrected chi connectivity index (χ3v) is 2.75. The van der Waals surface area contributed by atoms with Crippen molar-refractivity contribution in [2.24, 2.45) is 4.99 Å². The summed E-state index contributed by atoms with van der Waals surface area (Å²) in [5.74, 6) is -1.67. The molecule has 4 heteroatoms. The number of hydrogen-bond donors (Lipinski definition) is 0. The molecule has 0 saturated heterocycles. The average molecular weight is 275 g/mol. The van der Waals surface area contributed by atoms with Gasteiger partial charge in [0.1, 0.15) is 17.2 Å². The molecule has 0 bridgehead atoms. The van der Waals surface area contributed by atoms with Crippen LogP contribution in [0.25, 0.3) is 0 Å². The minimum Gasteiger partial charge on any atom is -0.457 e. The molecule has 0 amide bonds. The van der Waals surface area contributed by atoms with Crippen LogP contribution in [-0.4, -0.2) is 18.7 Å². The number of alkyl halides is 2. The first-order valence-corrected chi connectivity index (χ1v) is 6.19. The average Bonchev–Trinajstić information content (AvgIpc) is 2.41. The minimum atomic E-state index is -2.96. The van der Waals surface area contributed by atoms with Crippen molar-refractivity contribution in [2.75, 3.05) is 7.05 Å². The number of hydrogen-bond acceptors (Lipinski definition) is 2. The fourth-order valence-corrected chi connectivity index (χ4v) is 1.88. The molecule has 0 saturated carbocycles. The van der Waals surface area contributed by atoms with E-state index in [1.54, 1.807) is 24.3 Å². The van der Waals surface area contributed by atoms with Gasteiger partial charge in [-0.05, 0) is 36.4 Å². The van der Waals surface area contributed by atoms with Gasteiger partial charge < -0.3 is 4.74 Å². The highest BCUT2D eigenvalue weighted by molar-refractivity contribution is 6.05. The minimum absolute atomic E-state index is 0.233. The van der Waals surface area contributed by atoms with E-state index in [0.29, 0.717) is 17.1 Å². The smallest absolute Gasteiger partial charge is 0.287 e. The molecule has 0 spiro atoms. The lowest BCUT2D eigenvalue weighted by Gasteiger charge is -2.14. The first-order valence-electron chi connectivity index (χ1n) is 6.19. The Kier molecular flexibility index (Phi) is 4.13. The highest BCUT2D eigenvalue weighted by Gasteiger charge is 2.30. The summed E-state index contributed by atoms with van der Waals surface area (Å²) in [7, 11) is 1.36. The van der Waals surface area contributed by atoms with E-state index < -0.39 is 5.92 Å². The highest BCUT2D eigenvalue weighted by Crippen LogP contribution is 2.24. The zero-order chi connectivity index (χ0) is 14.6. The second kappa shape index (κ2) is 5.82. The highest BCUT2D eigenvalue weighted by atomic mass is 19.3. The van der Waals surface area contributed by atoms with Crippen LogP contribution >= 0.6 is 0 Å². The van der Waals surface area contributed by atoms with Crippen molar-refractivity contribution >= 4 is 5.71 Å². The maximum absolute atomic E-state index is 13.4. The van der Waals surface area contributed by atoms with Crippen LogP contribution in [0.5, 0.6) is 11.5 Å². The van der Waals surface area contributed by atoms with Crippen molar-refractivity contribution in [1.82, 2.24) is 0 Å². The van der Waals surface area contributed by atoms with Gasteiger partial charge in [0.2, 0.25) is 0 Å². The van der Waals surface area contributed by atoms with E-state index in [0.717, 1.165) is 6.92 Å². The van der Waals surface area contributed by atoms with Gasteiger partial charge >= 0.3 is 0 Å². The number of nitrogens with zero attached hydrogens (tertiary/aromatic N) is 1. The second-order valence-corrected chi connectivity index (χ2v) is 4.40. The topological polar surface area (TPSA) is 21.6 Å². The van der Waals surface area contributed by atoms with E-state index in [1.807, 2.05) is 30.3 Å². The third-order valence-electron chi connectivity index (χ3n) is 2.75. The maximum atomic E-state index is 13.4. The number of rotatable bonds is 4. The molecular formula is C16H15F2NO. The lowest BCUT2D eigenvalue weighted by Crippen LogP contribution is -2.25. The number of halogens is 2. The Bertz CT molecular complexity index is 586. The summed E-state index contributed by atoms with van der Waals surface area (Å²) >= 11 is 0. The van der Waals surface area contributed by atoms with E-state index in [1.165, 1.54) is 7.05 Å². The Labute approximate surface area is 116 Å². The van der Waals surface area contributed by atoms with E-state index >= 15 is 0 Å². The summed E-state index contributed by atoms with van der Waals surface area (Å²) in [5.41, 5.74) is 0.157. The Hall–Kier alpha value is -2.23. The summed E-state index contributed by atoms with van der Waals surface area (Å²) in [6.45, 7) is 0.837. The van der Waals surface area contributed by atoms with Crippen molar-refractivity contribution in [1.29, 1.82) is 0 Å². The molecule has 0 aliphatic carbocycles. The first kappa shape index (κ1) is 14.2. The molecule has 2 aromatic rings. The van der Waals surface area contributed by atoms with Gasteiger partial charge in [-0.15, -0.1) is 0 Å². The van der Waals surface area contributed by atoms with Gasteiger partial charge in [0.25, 0.3) is 5.92 Å². The lowest BCUT2D eigenvalue weighted by atomic mass is 10.1. The molecule has 0 heterocycles. The molecule has 104 valence electrons. The van der Waals surface area contributed by atoms with Crippen LogP contribution in [0.3, 0.4) is 0 Å². The predicted molar refractivity (Wildman–Crippen MR) is 76.0 cm³/mol. The number of aliphatic imine (C=N–C) groups is 1. The normalized spacial score (nSPS) is 12.3. The van der Waals surface area contributed by atoms with Crippen molar-refractivity contribution in [3.63, 3.8) is 0 Å². The van der Waals surface area contributed by atoms with Crippen molar-refractivity contribution in [2.45, 2.75) is 12.8 Å². The van der Waals surface area contributed by atoms with Crippen molar-refractivity contribution < 1.29 is 13.5 Å². The monoisotopic (exact) mass is 275 g/mol. The summed E-state index contributed by atoms with van der Waals surface area (Å²) in [6.07, 6.45) is 0. The van der Waals surface area contributed by atoms with E-state index in [-0.39, 0.29) is 5.71 Å². The molecule has 0 fully saturated rings. The SMILES string of the molecule is CN=C(c1ccc(Oc2ccccc2)cc1)C(C)(F)F. The molecule has 0 unspecified atom stereocenters. The fourth-order valence-electron chi connectivity index (χ4n) is 1.88. The van der Waals surface area contributed by atoms with E-state index in [9.17, 15) is 8.78 Å². The Morgan fingerprint density at radius 3 is 2.00 bits per heavy atom. The number of benzene rings is 2. The number of ether oxygens (including phenoxy) is 1. The summed E-state index contributed by atoms with van der Waals surface area (Å²) < 4.78 is 32.3. The Balaban J connectivity index is 2.19. The van der Waals surface area contributed by atoms with Gasteiger partial charge in [0.05, 0.1) is 0 Å². The van der Waals surface area contributed by atoms with Gasteiger partial charge in [0.15, 0.2) is 0 Å². The standard InChI is InChI=1S/C16H15F2NO/c1-16(17,18)15(19-2)12-8-10-14(11-9-12)20-13-6-4-3-5-7-13/h3-11H,1-2H3. The zero-order valence-corrected chi connectivity index (χ0v) is 11.3. The molecule has 0 aromatic heterocycles. The van der Waals surface area contributed by atoms with Crippen molar-refractivity contribution in [3.05, 3.63) is 60.2 Å². The predicted octanol–water partition coefficient (Wildman–Crippen LogP) is 4.55. The molecule has 0 N–H and O–H groups in total. The molecular weight excluding hydrogens is 260 g/mol. The van der Waals surface area contributed by atoms with Crippen molar-refractivity contribution in [3.8, 4) is 11.5 Å². The Morgan fingerprint density at radius 1 is 0.950 bits per heavy atom. The van der Waals surface area contributed by atoms with Crippen LogP contribution in [0, 0.1) is 0 Å². The quantitative estimate of drug-likeness (QED) is 0.750. The van der Waals surface area contributed by atoms with Crippen LogP contribution in [-0.2, 0) is 0 Å². The van der Waals surface area contributed by atoms with Crippen LogP contribution in [0.1, 0.15) is 12.5 Å². The van der Waals surface area contributed by atoms with Crippen LogP contribution < -0.4 is 4.74 Å². The van der Waals surface area contributed by atoms with Crippen LogP contribution in [0.4, 0.5) is 8.78 Å². The molecule has 2 aromatic carbocycles. The molecule has 2 rings (SSSR count). The summed E-state index contributed by atoms with van der Waals surface area (Å²) in [6, 6.07) is 15.7. The molecule has 2 nitrogen and oxygen atoms in total. The van der Waals surface area contributed by atoms with Gasteiger partial charge in [-0.3, -0.25) is 4.99 Å². The molecule has 0 aliphatic heterocycles. The molecule has 20 heavy (non-hydrogen) atoms. The summed E-state index contributed by atoms with van der Waals surface area (Å²) in [5, 5.41) is 0. The number of para-hydroxylation sites is 1. The van der Waals surface area contributed by atoms with Gasteiger partial charge in [-0.1, -0.05) is 18.2 Å². The van der Waals surface area contributed by atoms with E-state index in [2.05, 4.69) is 4.99 Å². The van der Waals surface area contributed by atoms with Gasteiger partial charge in [-0.25, -0.2) is 0 Å². The summed E-state index contributed by atoms with van der Waals surface area (Å²) in [4.78, 5) is 3.67. The molecule has 0 radical (unpaired) electrons. The second-order valence-electron chi connectivity index (χ2n) is 4.40. The third kappa shape index (κ3) is 3.41. The van der Waals surface area contributed by atoms with Crippen LogP contribution in [0.2, 0.25) is 0 Å². The maximum Gasteiger partial charge on any atom is 0.287 e.